The van der Waals surface area contributed by atoms with E-state index < -0.39 is 0 Å². The van der Waals surface area contributed by atoms with Gasteiger partial charge < -0.3 is 5.11 Å². The van der Waals surface area contributed by atoms with E-state index in [2.05, 4.69) is 25.8 Å². The van der Waals surface area contributed by atoms with Crippen LogP contribution in [0.5, 0.6) is 5.75 Å². The van der Waals surface area contributed by atoms with Gasteiger partial charge in [-0.3, -0.25) is 4.99 Å². The highest BCUT2D eigenvalue weighted by molar-refractivity contribution is 5.85. The fourth-order valence-electron chi connectivity index (χ4n) is 1.78. The normalized spacial score (nSPS) is 11.9. The van der Waals surface area contributed by atoms with Gasteiger partial charge in [-0.25, -0.2) is 0 Å². The number of hydrogen-bond acceptors (Lipinski definition) is 2. The number of rotatable bonds is 2. The van der Waals surface area contributed by atoms with Crippen LogP contribution in [0.2, 0.25) is 0 Å². The van der Waals surface area contributed by atoms with Crippen molar-refractivity contribution in [2.24, 2.45) is 4.99 Å². The highest BCUT2D eigenvalue weighted by atomic mass is 16.3. The van der Waals surface area contributed by atoms with Crippen LogP contribution in [0.4, 0.5) is 5.69 Å². The van der Waals surface area contributed by atoms with Crippen molar-refractivity contribution in [2.75, 3.05) is 0 Å². The topological polar surface area (TPSA) is 32.6 Å². The minimum absolute atomic E-state index is 0.0586. The molecule has 0 amide bonds. The second-order valence-corrected chi connectivity index (χ2v) is 5.62. The number of aromatic hydroxyl groups is 1. The lowest BCUT2D eigenvalue weighted by atomic mass is 9.86. The van der Waals surface area contributed by atoms with Crippen molar-refractivity contribution in [3.63, 3.8) is 0 Å². The predicted octanol–water partition coefficient (Wildman–Crippen LogP) is 4.44. The fraction of sp³-hybridized carbons (Fsp3) is 0.235. The average molecular weight is 253 g/mol. The molecule has 0 aliphatic carbocycles. The number of phenols is 1. The van der Waals surface area contributed by atoms with Crippen LogP contribution in [0.1, 0.15) is 31.9 Å². The van der Waals surface area contributed by atoms with E-state index >= 15 is 0 Å². The van der Waals surface area contributed by atoms with Crippen molar-refractivity contribution in [3.05, 3.63) is 59.7 Å². The van der Waals surface area contributed by atoms with Crippen LogP contribution >= 0.6 is 0 Å². The van der Waals surface area contributed by atoms with Gasteiger partial charge in [-0.15, -0.1) is 0 Å². The monoisotopic (exact) mass is 253 g/mol. The van der Waals surface area contributed by atoms with E-state index in [1.807, 2.05) is 42.5 Å². The van der Waals surface area contributed by atoms with E-state index in [1.165, 1.54) is 5.56 Å². The van der Waals surface area contributed by atoms with Gasteiger partial charge in [-0.1, -0.05) is 45.0 Å². The summed E-state index contributed by atoms with van der Waals surface area (Å²) in [5.41, 5.74) is 2.86. The van der Waals surface area contributed by atoms with Crippen LogP contribution in [0, 0.1) is 0 Å². The lowest BCUT2D eigenvalue weighted by Crippen LogP contribution is -2.11. The third-order valence-electron chi connectivity index (χ3n) is 3.00. The number of benzene rings is 2. The van der Waals surface area contributed by atoms with Gasteiger partial charge in [0.1, 0.15) is 5.75 Å². The Morgan fingerprint density at radius 1 is 1.00 bits per heavy atom. The Morgan fingerprint density at radius 3 is 2.32 bits per heavy atom. The first-order valence-corrected chi connectivity index (χ1v) is 6.39. The van der Waals surface area contributed by atoms with Gasteiger partial charge in [0.25, 0.3) is 0 Å². The molecule has 0 bridgehead atoms. The summed E-state index contributed by atoms with van der Waals surface area (Å²) in [4.78, 5) is 4.38. The van der Waals surface area contributed by atoms with Gasteiger partial charge in [0.15, 0.2) is 0 Å². The largest absolute Gasteiger partial charge is 0.507 e. The Morgan fingerprint density at radius 2 is 1.68 bits per heavy atom. The van der Waals surface area contributed by atoms with E-state index in [4.69, 9.17) is 0 Å². The molecule has 2 rings (SSSR count). The van der Waals surface area contributed by atoms with Gasteiger partial charge >= 0.3 is 0 Å². The van der Waals surface area contributed by atoms with Crippen molar-refractivity contribution >= 4 is 11.9 Å². The summed E-state index contributed by atoms with van der Waals surface area (Å²) in [7, 11) is 0. The zero-order valence-corrected chi connectivity index (χ0v) is 11.6. The first-order valence-electron chi connectivity index (χ1n) is 6.39. The molecule has 0 aliphatic heterocycles. The average Bonchev–Trinajstić information content (AvgIpc) is 2.37. The van der Waals surface area contributed by atoms with Crippen LogP contribution < -0.4 is 0 Å². The zero-order valence-electron chi connectivity index (χ0n) is 11.6. The number of nitrogens with zero attached hydrogens (tertiary/aromatic N) is 1. The molecule has 1 N–H and O–H groups in total. The minimum atomic E-state index is 0.0586. The van der Waals surface area contributed by atoms with Crippen molar-refractivity contribution in [2.45, 2.75) is 26.2 Å². The molecule has 0 radical (unpaired) electrons. The van der Waals surface area contributed by atoms with Gasteiger partial charge in [-0.2, -0.15) is 0 Å². The van der Waals surface area contributed by atoms with Crippen molar-refractivity contribution < 1.29 is 5.11 Å². The van der Waals surface area contributed by atoms with Crippen LogP contribution in [-0.2, 0) is 5.41 Å². The molecule has 0 spiro atoms. The summed E-state index contributed by atoms with van der Waals surface area (Å²) >= 11 is 0. The minimum Gasteiger partial charge on any atom is -0.507 e. The lowest BCUT2D eigenvalue weighted by molar-refractivity contribution is 0.473. The molecule has 0 fully saturated rings. The molecule has 2 nitrogen and oxygen atoms in total. The first kappa shape index (κ1) is 13.3. The molecule has 0 aliphatic rings. The molecular formula is C17H19NO. The molecule has 0 saturated heterocycles. The smallest absolute Gasteiger partial charge is 0.124 e. The highest BCUT2D eigenvalue weighted by Crippen LogP contribution is 2.26. The first-order chi connectivity index (χ1) is 8.97. The zero-order chi connectivity index (χ0) is 13.9. The van der Waals surface area contributed by atoms with Gasteiger partial charge in [0.05, 0.1) is 5.69 Å². The van der Waals surface area contributed by atoms with Crippen LogP contribution in [-0.4, -0.2) is 11.3 Å². The molecule has 0 atom stereocenters. The van der Waals surface area contributed by atoms with Crippen molar-refractivity contribution in [1.82, 2.24) is 0 Å². The molecule has 2 aromatic rings. The SMILES string of the molecule is CC(C)(C)c1ccc(O)c(/C=N/c2ccccc2)c1. The van der Waals surface area contributed by atoms with E-state index in [1.54, 1.807) is 12.3 Å². The van der Waals surface area contributed by atoms with Crippen LogP contribution in [0.3, 0.4) is 0 Å². The maximum atomic E-state index is 9.89. The van der Waals surface area contributed by atoms with Crippen LogP contribution in [0.15, 0.2) is 53.5 Å². The Kier molecular flexibility index (Phi) is 3.70. The van der Waals surface area contributed by atoms with E-state index in [-0.39, 0.29) is 11.2 Å². The maximum absolute atomic E-state index is 9.89. The summed E-state index contributed by atoms with van der Waals surface area (Å²) in [6.45, 7) is 6.45. The molecule has 0 unspecified atom stereocenters. The van der Waals surface area contributed by atoms with Gasteiger partial charge in [0, 0.05) is 11.8 Å². The number of phenolic OH excluding ortho intramolecular Hbond substituents is 1. The molecule has 19 heavy (non-hydrogen) atoms. The highest BCUT2D eigenvalue weighted by Gasteiger charge is 2.14. The molecule has 98 valence electrons. The molecule has 0 saturated carbocycles. The predicted molar refractivity (Wildman–Crippen MR) is 80.5 cm³/mol. The molecule has 0 heterocycles. The van der Waals surface area contributed by atoms with E-state index in [0.29, 0.717) is 0 Å². The summed E-state index contributed by atoms with van der Waals surface area (Å²) in [6, 6.07) is 15.4. The summed E-state index contributed by atoms with van der Waals surface area (Å²) in [5, 5.41) is 9.89. The number of hydrogen-bond donors (Lipinski definition) is 1. The number of para-hydroxylation sites is 1. The summed E-state index contributed by atoms with van der Waals surface area (Å²) in [6.07, 6.45) is 1.71. The third-order valence-corrected chi connectivity index (χ3v) is 3.00. The third kappa shape index (κ3) is 3.44. The summed E-state index contributed by atoms with van der Waals surface area (Å²) in [5.74, 6) is 0.257. The Balaban J connectivity index is 2.32. The maximum Gasteiger partial charge on any atom is 0.124 e. The van der Waals surface area contributed by atoms with Gasteiger partial charge in [-0.05, 0) is 35.2 Å². The Hall–Kier alpha value is -2.09. The van der Waals surface area contributed by atoms with Gasteiger partial charge in [0.2, 0.25) is 0 Å². The quantitative estimate of drug-likeness (QED) is 0.788. The number of aliphatic imine (C=N–C) groups is 1. The molecule has 2 aromatic carbocycles. The van der Waals surface area contributed by atoms with E-state index in [9.17, 15) is 5.11 Å². The lowest BCUT2D eigenvalue weighted by Gasteiger charge is -2.19. The second-order valence-electron chi connectivity index (χ2n) is 5.62. The molecule has 0 aromatic heterocycles. The fourth-order valence-corrected chi connectivity index (χ4v) is 1.78. The molecular weight excluding hydrogens is 234 g/mol. The summed E-state index contributed by atoms with van der Waals surface area (Å²) < 4.78 is 0. The molecule has 2 heteroatoms. The van der Waals surface area contributed by atoms with Crippen LogP contribution in [0.25, 0.3) is 0 Å². The van der Waals surface area contributed by atoms with E-state index in [0.717, 1.165) is 11.3 Å². The van der Waals surface area contributed by atoms with Crippen molar-refractivity contribution in [3.8, 4) is 5.75 Å². The second kappa shape index (κ2) is 5.27. The standard InChI is InChI=1S/C17H19NO/c1-17(2,3)14-9-10-16(19)13(11-14)12-18-15-7-5-4-6-8-15/h4-12,19H,1-3H3/b18-12+. The van der Waals surface area contributed by atoms with Crippen molar-refractivity contribution in [1.29, 1.82) is 0 Å². The Bertz CT molecular complexity index is 580. The Labute approximate surface area is 114 Å².